The molecule has 34 heavy (non-hydrogen) atoms. The van der Waals surface area contributed by atoms with Crippen molar-refractivity contribution in [2.24, 2.45) is 0 Å². The quantitative estimate of drug-likeness (QED) is 0.534. The first-order chi connectivity index (χ1) is 16.3. The van der Waals surface area contributed by atoms with E-state index < -0.39 is 22.9 Å². The summed E-state index contributed by atoms with van der Waals surface area (Å²) in [5, 5.41) is 2.11. The molecule has 2 aromatic carbocycles. The number of benzene rings is 2. The third-order valence-electron chi connectivity index (χ3n) is 4.89. The molecule has 0 saturated carbocycles. The maximum atomic E-state index is 13.8. The lowest BCUT2D eigenvalue weighted by atomic mass is 10.1. The van der Waals surface area contributed by atoms with Gasteiger partial charge >= 0.3 is 0 Å². The van der Waals surface area contributed by atoms with Crippen molar-refractivity contribution in [1.29, 1.82) is 0 Å². The Bertz CT molecular complexity index is 1130. The van der Waals surface area contributed by atoms with E-state index in [1.807, 2.05) is 0 Å². The predicted octanol–water partition coefficient (Wildman–Crippen LogP) is 3.33. The number of halogens is 1. The Kier molecular flexibility index (Phi) is 8.00. The van der Waals surface area contributed by atoms with Crippen LogP contribution in [0.2, 0.25) is 0 Å². The monoisotopic (exact) mass is 490 g/mol. The molecule has 1 N–H and O–H groups in total. The summed E-state index contributed by atoms with van der Waals surface area (Å²) in [6.45, 7) is -0.0381. The lowest BCUT2D eigenvalue weighted by molar-refractivity contribution is -0.122. The first kappa shape index (κ1) is 24.9. The number of amides is 3. The number of imide groups is 1. The Balaban J connectivity index is 1.67. The molecule has 3 amide bonds. The third-order valence-corrected chi connectivity index (χ3v) is 5.80. The molecule has 11 heteroatoms. The fourth-order valence-electron chi connectivity index (χ4n) is 3.22. The number of carbonyl (C=O) groups is 3. The molecule has 3 rings (SSSR count). The van der Waals surface area contributed by atoms with Crippen LogP contribution in [0.15, 0.2) is 35.2 Å². The van der Waals surface area contributed by atoms with Crippen LogP contribution in [-0.2, 0) is 4.79 Å². The van der Waals surface area contributed by atoms with Crippen LogP contribution in [-0.4, -0.2) is 63.5 Å². The molecular formula is C23H23FN2O7S. The maximum Gasteiger partial charge on any atom is 0.293 e. The number of rotatable bonds is 9. The molecule has 1 saturated heterocycles. The number of methoxy groups -OCH3 is 4. The summed E-state index contributed by atoms with van der Waals surface area (Å²) in [6.07, 6.45) is 1.55. The summed E-state index contributed by atoms with van der Waals surface area (Å²) in [7, 11) is 5.76. The second-order valence-electron chi connectivity index (χ2n) is 6.90. The molecule has 9 nitrogen and oxygen atoms in total. The number of nitrogens with zero attached hydrogens (tertiary/aromatic N) is 1. The van der Waals surface area contributed by atoms with Gasteiger partial charge in [-0.05, 0) is 53.7 Å². The molecule has 0 aromatic heterocycles. The molecule has 0 atom stereocenters. The number of hydrogen-bond acceptors (Lipinski definition) is 8. The second-order valence-corrected chi connectivity index (χ2v) is 7.89. The van der Waals surface area contributed by atoms with Crippen molar-refractivity contribution in [1.82, 2.24) is 10.2 Å². The summed E-state index contributed by atoms with van der Waals surface area (Å²) in [6, 6.07) is 7.12. The van der Waals surface area contributed by atoms with Gasteiger partial charge in [0, 0.05) is 18.7 Å². The number of hydrogen-bond donors (Lipinski definition) is 1. The number of ether oxygens (including phenoxy) is 4. The zero-order chi connectivity index (χ0) is 24.8. The molecule has 0 bridgehead atoms. The Morgan fingerprint density at radius 1 is 1.00 bits per heavy atom. The van der Waals surface area contributed by atoms with Gasteiger partial charge in [0.2, 0.25) is 5.75 Å². The van der Waals surface area contributed by atoms with E-state index in [0.29, 0.717) is 22.8 Å². The van der Waals surface area contributed by atoms with Gasteiger partial charge in [-0.15, -0.1) is 0 Å². The standard InChI is InChI=1S/C23H23FN2O7S/c1-30-16-6-5-14(12-15(16)24)21(27)25-7-8-26-22(28)19(34-23(26)29)11-13-9-17(31-2)20(33-4)18(10-13)32-3/h5-6,9-12H,7-8H2,1-4H3,(H,25,27)/b19-11-. The molecule has 0 spiro atoms. The van der Waals surface area contributed by atoms with Crippen LogP contribution in [0.1, 0.15) is 15.9 Å². The lowest BCUT2D eigenvalue weighted by Crippen LogP contribution is -2.37. The zero-order valence-electron chi connectivity index (χ0n) is 19.0. The number of thioether (sulfide) groups is 1. The topological polar surface area (TPSA) is 103 Å². The predicted molar refractivity (Wildman–Crippen MR) is 124 cm³/mol. The Labute approximate surface area is 199 Å². The Hall–Kier alpha value is -3.73. The maximum absolute atomic E-state index is 13.8. The van der Waals surface area contributed by atoms with Crippen molar-refractivity contribution in [2.45, 2.75) is 0 Å². The van der Waals surface area contributed by atoms with E-state index in [9.17, 15) is 18.8 Å². The molecule has 1 fully saturated rings. The zero-order valence-corrected chi connectivity index (χ0v) is 19.8. The smallest absolute Gasteiger partial charge is 0.293 e. The van der Waals surface area contributed by atoms with Crippen molar-refractivity contribution in [3.8, 4) is 23.0 Å². The van der Waals surface area contributed by atoms with E-state index in [1.165, 1.54) is 40.6 Å². The first-order valence-corrected chi connectivity index (χ1v) is 10.8. The van der Waals surface area contributed by atoms with E-state index >= 15 is 0 Å². The van der Waals surface area contributed by atoms with Gasteiger partial charge < -0.3 is 24.3 Å². The number of nitrogens with one attached hydrogen (secondary N) is 1. The molecular weight excluding hydrogens is 467 g/mol. The average molecular weight is 491 g/mol. The van der Waals surface area contributed by atoms with Gasteiger partial charge in [0.15, 0.2) is 23.1 Å². The van der Waals surface area contributed by atoms with E-state index in [0.717, 1.165) is 22.7 Å². The molecule has 180 valence electrons. The van der Waals surface area contributed by atoms with Crippen LogP contribution < -0.4 is 24.3 Å². The Morgan fingerprint density at radius 2 is 1.65 bits per heavy atom. The van der Waals surface area contributed by atoms with Crippen LogP contribution in [0.4, 0.5) is 9.18 Å². The molecule has 0 aliphatic carbocycles. The van der Waals surface area contributed by atoms with E-state index in [-0.39, 0.29) is 29.3 Å². The molecule has 0 radical (unpaired) electrons. The highest BCUT2D eigenvalue weighted by molar-refractivity contribution is 8.18. The minimum atomic E-state index is -0.668. The van der Waals surface area contributed by atoms with Crippen molar-refractivity contribution in [2.75, 3.05) is 41.5 Å². The number of carbonyl (C=O) groups excluding carboxylic acids is 3. The first-order valence-electron chi connectivity index (χ1n) is 10.00. The van der Waals surface area contributed by atoms with Crippen LogP contribution in [0.3, 0.4) is 0 Å². The highest BCUT2D eigenvalue weighted by Gasteiger charge is 2.34. The molecule has 1 heterocycles. The lowest BCUT2D eigenvalue weighted by Gasteiger charge is -2.14. The van der Waals surface area contributed by atoms with Gasteiger partial charge in [0.05, 0.1) is 33.3 Å². The summed E-state index contributed by atoms with van der Waals surface area (Å²) in [5.74, 6) is -0.459. The van der Waals surface area contributed by atoms with Gasteiger partial charge in [-0.1, -0.05) is 0 Å². The summed E-state index contributed by atoms with van der Waals surface area (Å²) >= 11 is 0.784. The molecule has 2 aromatic rings. The molecule has 0 unspecified atom stereocenters. The van der Waals surface area contributed by atoms with Gasteiger partial charge in [0.25, 0.3) is 17.1 Å². The van der Waals surface area contributed by atoms with Gasteiger partial charge in [0.1, 0.15) is 0 Å². The largest absolute Gasteiger partial charge is 0.494 e. The third kappa shape index (κ3) is 5.25. The highest BCUT2D eigenvalue weighted by atomic mass is 32.2. The van der Waals surface area contributed by atoms with Crippen molar-refractivity contribution >= 4 is 34.9 Å². The van der Waals surface area contributed by atoms with Crippen molar-refractivity contribution in [3.63, 3.8) is 0 Å². The molecule has 1 aliphatic heterocycles. The van der Waals surface area contributed by atoms with Gasteiger partial charge in [-0.25, -0.2) is 4.39 Å². The van der Waals surface area contributed by atoms with E-state index in [4.69, 9.17) is 18.9 Å². The van der Waals surface area contributed by atoms with Gasteiger partial charge in [-0.3, -0.25) is 19.3 Å². The summed E-state index contributed by atoms with van der Waals surface area (Å²) in [4.78, 5) is 38.6. The average Bonchev–Trinajstić information content (AvgIpc) is 3.10. The fourth-order valence-corrected chi connectivity index (χ4v) is 4.08. The molecule has 1 aliphatic rings. The van der Waals surface area contributed by atoms with E-state index in [1.54, 1.807) is 18.2 Å². The van der Waals surface area contributed by atoms with Gasteiger partial charge in [-0.2, -0.15) is 0 Å². The van der Waals surface area contributed by atoms with Crippen LogP contribution in [0.25, 0.3) is 6.08 Å². The normalized spacial score (nSPS) is 14.4. The van der Waals surface area contributed by atoms with Crippen molar-refractivity contribution < 1.29 is 37.7 Å². The minimum Gasteiger partial charge on any atom is -0.494 e. The fraction of sp³-hybridized carbons (Fsp3) is 0.261. The summed E-state index contributed by atoms with van der Waals surface area (Å²) < 4.78 is 34.5. The minimum absolute atomic E-state index is 0.00197. The van der Waals surface area contributed by atoms with Crippen LogP contribution in [0, 0.1) is 5.82 Å². The Morgan fingerprint density at radius 3 is 2.21 bits per heavy atom. The second kappa shape index (κ2) is 10.9. The van der Waals surface area contributed by atoms with Crippen LogP contribution >= 0.6 is 11.8 Å². The summed E-state index contributed by atoms with van der Waals surface area (Å²) in [5.41, 5.74) is 0.671. The SMILES string of the molecule is COc1ccc(C(=O)NCCN2C(=O)S/C(=C\c3cc(OC)c(OC)c(OC)c3)C2=O)cc1F. The van der Waals surface area contributed by atoms with Crippen LogP contribution in [0.5, 0.6) is 23.0 Å². The highest BCUT2D eigenvalue weighted by Crippen LogP contribution is 2.40. The van der Waals surface area contributed by atoms with Crippen molar-refractivity contribution in [3.05, 3.63) is 52.2 Å². The van der Waals surface area contributed by atoms with E-state index in [2.05, 4.69) is 5.32 Å².